The van der Waals surface area contributed by atoms with Crippen molar-refractivity contribution in [2.24, 2.45) is 11.7 Å². The van der Waals surface area contributed by atoms with Gasteiger partial charge in [-0.2, -0.15) is 0 Å². The van der Waals surface area contributed by atoms with Gasteiger partial charge >= 0.3 is 5.97 Å². The van der Waals surface area contributed by atoms with Gasteiger partial charge in [-0.1, -0.05) is 25.5 Å². The molecule has 0 saturated heterocycles. The molecular weight excluding hydrogens is 256 g/mol. The molecule has 110 valence electrons. The second-order valence-electron chi connectivity index (χ2n) is 4.80. The number of amides is 1. The first-order valence-electron chi connectivity index (χ1n) is 6.88. The van der Waals surface area contributed by atoms with Gasteiger partial charge in [-0.15, -0.1) is 0 Å². The summed E-state index contributed by atoms with van der Waals surface area (Å²) >= 11 is 0. The minimum atomic E-state index is -0.812. The van der Waals surface area contributed by atoms with Crippen molar-refractivity contribution in [3.8, 4) is 0 Å². The quantitative estimate of drug-likeness (QED) is 0.678. The third kappa shape index (κ3) is 5.40. The fraction of sp³-hybridized carbons (Fsp3) is 0.467. The Morgan fingerprint density at radius 1 is 1.30 bits per heavy atom. The van der Waals surface area contributed by atoms with Crippen LogP contribution in [0.2, 0.25) is 0 Å². The largest absolute Gasteiger partial charge is 0.481 e. The number of benzene rings is 1. The molecule has 0 aromatic heterocycles. The number of carbonyl (C=O) groups is 2. The Hall–Kier alpha value is -1.88. The molecule has 0 heterocycles. The minimum absolute atomic E-state index is 0.0624. The Morgan fingerprint density at radius 2 is 1.95 bits per heavy atom. The van der Waals surface area contributed by atoms with E-state index in [0.29, 0.717) is 18.7 Å². The smallest absolute Gasteiger partial charge is 0.303 e. The van der Waals surface area contributed by atoms with Crippen molar-refractivity contribution in [3.05, 3.63) is 29.8 Å². The third-order valence-corrected chi connectivity index (χ3v) is 3.14. The van der Waals surface area contributed by atoms with Crippen molar-refractivity contribution in [3.63, 3.8) is 0 Å². The Balaban J connectivity index is 2.56. The molecule has 5 heteroatoms. The molecule has 1 atom stereocenters. The van der Waals surface area contributed by atoms with Gasteiger partial charge in [0.05, 0.1) is 5.92 Å². The summed E-state index contributed by atoms with van der Waals surface area (Å²) in [6.45, 7) is 2.36. The number of rotatable bonds is 8. The van der Waals surface area contributed by atoms with Crippen LogP contribution in [0.25, 0.3) is 0 Å². The average Bonchev–Trinajstić information content (AvgIpc) is 2.43. The van der Waals surface area contributed by atoms with Gasteiger partial charge < -0.3 is 16.2 Å². The van der Waals surface area contributed by atoms with E-state index in [9.17, 15) is 9.59 Å². The summed E-state index contributed by atoms with van der Waals surface area (Å²) in [5.74, 6) is -1.04. The first-order valence-corrected chi connectivity index (χ1v) is 6.88. The summed E-state index contributed by atoms with van der Waals surface area (Å²) in [4.78, 5) is 22.5. The summed E-state index contributed by atoms with van der Waals surface area (Å²) in [6, 6.07) is 7.23. The van der Waals surface area contributed by atoms with Crippen molar-refractivity contribution < 1.29 is 14.7 Å². The number of hydrogen-bond acceptors (Lipinski definition) is 3. The second-order valence-corrected chi connectivity index (χ2v) is 4.80. The lowest BCUT2D eigenvalue weighted by Crippen LogP contribution is -2.29. The van der Waals surface area contributed by atoms with E-state index in [1.54, 1.807) is 12.1 Å². The van der Waals surface area contributed by atoms with Crippen molar-refractivity contribution >= 4 is 17.6 Å². The van der Waals surface area contributed by atoms with Crippen LogP contribution in [0.5, 0.6) is 0 Å². The highest BCUT2D eigenvalue weighted by atomic mass is 16.4. The zero-order valence-corrected chi connectivity index (χ0v) is 11.8. The normalized spacial score (nSPS) is 11.9. The first-order chi connectivity index (χ1) is 9.56. The molecule has 4 N–H and O–H groups in total. The van der Waals surface area contributed by atoms with Gasteiger partial charge in [-0.25, -0.2) is 0 Å². The van der Waals surface area contributed by atoms with E-state index in [1.807, 2.05) is 19.1 Å². The number of aliphatic carboxylic acids is 1. The highest BCUT2D eigenvalue weighted by molar-refractivity contribution is 5.92. The highest BCUT2D eigenvalue weighted by Gasteiger charge is 2.15. The summed E-state index contributed by atoms with van der Waals surface area (Å²) in [7, 11) is 0. The number of hydrogen-bond donors (Lipinski definition) is 3. The van der Waals surface area contributed by atoms with Crippen molar-refractivity contribution in [2.75, 3.05) is 11.9 Å². The second kappa shape index (κ2) is 8.32. The van der Waals surface area contributed by atoms with Gasteiger partial charge in [0.15, 0.2) is 0 Å². The van der Waals surface area contributed by atoms with Crippen LogP contribution in [0.3, 0.4) is 0 Å². The van der Waals surface area contributed by atoms with Gasteiger partial charge in [0, 0.05) is 18.7 Å². The molecule has 1 rings (SSSR count). The zero-order valence-electron chi connectivity index (χ0n) is 11.8. The predicted octanol–water partition coefficient (Wildman–Crippen LogP) is 2.02. The summed E-state index contributed by atoms with van der Waals surface area (Å²) in [5, 5.41) is 11.5. The van der Waals surface area contributed by atoms with Crippen LogP contribution in [0.4, 0.5) is 5.69 Å². The number of carboxylic acids is 1. The van der Waals surface area contributed by atoms with Crippen LogP contribution in [0.1, 0.15) is 31.7 Å². The summed E-state index contributed by atoms with van der Waals surface area (Å²) < 4.78 is 0. The number of aryl methyl sites for hydroxylation is 1. The Morgan fingerprint density at radius 3 is 2.45 bits per heavy atom. The Labute approximate surface area is 119 Å². The molecule has 0 aliphatic rings. The Kier molecular flexibility index (Phi) is 6.73. The lowest BCUT2D eigenvalue weighted by Gasteiger charge is -2.14. The van der Waals surface area contributed by atoms with E-state index in [0.717, 1.165) is 18.4 Å². The molecule has 0 radical (unpaired) electrons. The van der Waals surface area contributed by atoms with Gasteiger partial charge in [0.2, 0.25) is 5.91 Å². The van der Waals surface area contributed by atoms with E-state index in [4.69, 9.17) is 10.8 Å². The number of nitrogens with two attached hydrogens (primary N) is 1. The van der Waals surface area contributed by atoms with Crippen molar-refractivity contribution in [1.82, 2.24) is 0 Å². The SMILES string of the molecule is CCCC(CN)C(=O)Nc1ccc(CCC(=O)O)cc1. The molecule has 1 amide bonds. The van der Waals surface area contributed by atoms with Crippen molar-refractivity contribution in [1.29, 1.82) is 0 Å². The summed E-state index contributed by atoms with van der Waals surface area (Å²) in [6.07, 6.45) is 2.30. The van der Waals surface area contributed by atoms with E-state index < -0.39 is 5.97 Å². The minimum Gasteiger partial charge on any atom is -0.481 e. The molecule has 1 unspecified atom stereocenters. The lowest BCUT2D eigenvalue weighted by molar-refractivity contribution is -0.137. The molecule has 0 aliphatic heterocycles. The van der Waals surface area contributed by atoms with Crippen LogP contribution in [0.15, 0.2) is 24.3 Å². The van der Waals surface area contributed by atoms with E-state index >= 15 is 0 Å². The zero-order chi connectivity index (χ0) is 15.0. The molecule has 1 aromatic rings. The molecule has 5 nitrogen and oxygen atoms in total. The highest BCUT2D eigenvalue weighted by Crippen LogP contribution is 2.14. The lowest BCUT2D eigenvalue weighted by atomic mass is 10.0. The van der Waals surface area contributed by atoms with E-state index in [-0.39, 0.29) is 18.2 Å². The third-order valence-electron chi connectivity index (χ3n) is 3.14. The Bertz CT molecular complexity index is 443. The van der Waals surface area contributed by atoms with Gasteiger partial charge in [-0.05, 0) is 30.5 Å². The number of carboxylic acid groups (broad SMARTS) is 1. The van der Waals surface area contributed by atoms with Gasteiger partial charge in [0.1, 0.15) is 0 Å². The van der Waals surface area contributed by atoms with Crippen LogP contribution < -0.4 is 11.1 Å². The van der Waals surface area contributed by atoms with Crippen LogP contribution in [-0.2, 0) is 16.0 Å². The molecule has 0 aliphatic carbocycles. The maximum Gasteiger partial charge on any atom is 0.303 e. The molecule has 0 bridgehead atoms. The number of carbonyl (C=O) groups excluding carboxylic acids is 1. The molecule has 20 heavy (non-hydrogen) atoms. The fourth-order valence-corrected chi connectivity index (χ4v) is 1.95. The maximum atomic E-state index is 12.0. The molecule has 0 fully saturated rings. The average molecular weight is 278 g/mol. The van der Waals surface area contributed by atoms with Gasteiger partial charge in [0.25, 0.3) is 0 Å². The summed E-state index contributed by atoms with van der Waals surface area (Å²) in [5.41, 5.74) is 7.24. The molecule has 0 spiro atoms. The van der Waals surface area contributed by atoms with Crippen molar-refractivity contribution in [2.45, 2.75) is 32.6 Å². The molecule has 0 saturated carbocycles. The topological polar surface area (TPSA) is 92.4 Å². The van der Waals surface area contributed by atoms with E-state index in [2.05, 4.69) is 5.32 Å². The van der Waals surface area contributed by atoms with Gasteiger partial charge in [-0.3, -0.25) is 9.59 Å². The standard InChI is InChI=1S/C15H22N2O3/c1-2-3-12(10-16)15(20)17-13-7-4-11(5-8-13)6-9-14(18)19/h4-5,7-8,12H,2-3,6,9-10,16H2,1H3,(H,17,20)(H,18,19). The number of anilines is 1. The fourth-order valence-electron chi connectivity index (χ4n) is 1.95. The monoisotopic (exact) mass is 278 g/mol. The van der Waals surface area contributed by atoms with E-state index in [1.165, 1.54) is 0 Å². The number of nitrogens with one attached hydrogen (secondary N) is 1. The van der Waals surface area contributed by atoms with Crippen LogP contribution in [-0.4, -0.2) is 23.5 Å². The first kappa shape index (κ1) is 16.2. The van der Waals surface area contributed by atoms with Crippen LogP contribution in [0, 0.1) is 5.92 Å². The van der Waals surface area contributed by atoms with Crippen LogP contribution >= 0.6 is 0 Å². The predicted molar refractivity (Wildman–Crippen MR) is 78.5 cm³/mol. The molecule has 1 aromatic carbocycles. The maximum absolute atomic E-state index is 12.0. The molecular formula is C15H22N2O3.